The molecule has 0 bridgehead atoms. The first-order chi connectivity index (χ1) is 14.2. The van der Waals surface area contributed by atoms with Crippen molar-refractivity contribution in [2.24, 2.45) is 0 Å². The van der Waals surface area contributed by atoms with Crippen LogP contribution < -0.4 is 4.90 Å². The Balaban J connectivity index is 0.000000575. The summed E-state index contributed by atoms with van der Waals surface area (Å²) in [4.78, 5) is 16.5. The Morgan fingerprint density at radius 1 is 0.967 bits per heavy atom. The van der Waals surface area contributed by atoms with Crippen LogP contribution in [0.1, 0.15) is 24.4 Å². The van der Waals surface area contributed by atoms with Gasteiger partial charge in [0.25, 0.3) is 0 Å². The van der Waals surface area contributed by atoms with Crippen molar-refractivity contribution >= 4 is 40.6 Å². The summed E-state index contributed by atoms with van der Waals surface area (Å²) < 4.78 is 45.0. The molecule has 9 heteroatoms. The van der Waals surface area contributed by atoms with Crippen LogP contribution in [0.25, 0.3) is 11.0 Å². The Kier molecular flexibility index (Phi) is 8.40. The Labute approximate surface area is 176 Å². The molecule has 0 aliphatic carbocycles. The van der Waals surface area contributed by atoms with Gasteiger partial charge in [-0.1, -0.05) is 30.3 Å². The third kappa shape index (κ3) is 6.55. The number of fused-ring (bicyclic) bond motifs is 1. The van der Waals surface area contributed by atoms with Gasteiger partial charge in [0, 0.05) is 29.4 Å². The van der Waals surface area contributed by atoms with Crippen LogP contribution in [0.15, 0.2) is 63.9 Å². The zero-order valence-corrected chi connectivity index (χ0v) is 17.9. The molecule has 3 aromatic rings. The summed E-state index contributed by atoms with van der Waals surface area (Å²) in [6.07, 6.45) is 2.12. The summed E-state index contributed by atoms with van der Waals surface area (Å²) in [6.45, 7) is 5.90. The minimum absolute atomic E-state index is 0.0767. The number of hydrogen-bond acceptors (Lipinski definition) is 3. The summed E-state index contributed by atoms with van der Waals surface area (Å²) in [7, 11) is -6.14. The average Bonchev–Trinajstić information content (AvgIpc) is 3.08. The van der Waals surface area contributed by atoms with Crippen molar-refractivity contribution in [3.63, 3.8) is 0 Å². The molecular weight excluding hydrogens is 417 g/mol. The normalized spacial score (nSPS) is 12.2. The van der Waals surface area contributed by atoms with Gasteiger partial charge in [0.1, 0.15) is 11.8 Å². The third-order valence-corrected chi connectivity index (χ3v) is 6.17. The van der Waals surface area contributed by atoms with Gasteiger partial charge in [0.05, 0.1) is 5.69 Å². The van der Waals surface area contributed by atoms with Crippen LogP contribution in [-0.2, 0) is 10.9 Å². The number of hydrogen-bond donors (Lipinski definition) is 0. The maximum atomic E-state index is 13.0. The third-order valence-electron chi connectivity index (χ3n) is 4.40. The molecule has 2 aromatic carbocycles. The fraction of sp³-hybridized carbons (Fsp3) is 0.286. The molecule has 3 nitrogen and oxygen atoms in total. The van der Waals surface area contributed by atoms with Gasteiger partial charge in [0.15, 0.2) is 16.4 Å². The molecule has 0 spiro atoms. The van der Waals surface area contributed by atoms with E-state index in [9.17, 15) is 22.1 Å². The van der Waals surface area contributed by atoms with E-state index in [1.165, 1.54) is 4.90 Å². The first-order valence-electron chi connectivity index (χ1n) is 9.50. The zero-order chi connectivity index (χ0) is 22.3. The number of para-hydroxylation sites is 1. The number of ketones is 1. The van der Waals surface area contributed by atoms with Gasteiger partial charge < -0.3 is 26.6 Å². The predicted molar refractivity (Wildman–Crippen MR) is 117 cm³/mol. The van der Waals surface area contributed by atoms with Gasteiger partial charge in [-0.05, 0) is 38.1 Å². The van der Waals surface area contributed by atoms with E-state index < -0.39 is 7.25 Å². The highest BCUT2D eigenvalue weighted by atomic mass is 32.2. The van der Waals surface area contributed by atoms with Crippen LogP contribution >= 0.6 is 0 Å². The lowest BCUT2D eigenvalue weighted by Gasteiger charge is -2.20. The van der Waals surface area contributed by atoms with Gasteiger partial charge in [-0.2, -0.15) is 0 Å². The molecule has 1 aromatic heterocycles. The number of carbonyl (C=O) groups excluding carboxylic acids is 1. The van der Waals surface area contributed by atoms with Gasteiger partial charge in [-0.25, -0.2) is 0 Å². The summed E-state index contributed by atoms with van der Waals surface area (Å²) in [5.41, 5.74) is 1.72. The van der Waals surface area contributed by atoms with Crippen molar-refractivity contribution in [1.82, 2.24) is 0 Å². The lowest BCUT2D eigenvalue weighted by atomic mass is 10.1. The maximum Gasteiger partial charge on any atom is 0.673 e. The Morgan fingerprint density at radius 2 is 1.50 bits per heavy atom. The van der Waals surface area contributed by atoms with E-state index in [2.05, 4.69) is 37.1 Å². The quantitative estimate of drug-likeness (QED) is 0.193. The van der Waals surface area contributed by atoms with Crippen molar-refractivity contribution in [2.45, 2.75) is 18.7 Å². The van der Waals surface area contributed by atoms with E-state index in [1.807, 2.05) is 42.5 Å². The second-order valence-corrected chi connectivity index (χ2v) is 8.50. The summed E-state index contributed by atoms with van der Waals surface area (Å²) in [6, 6.07) is 18.1. The summed E-state index contributed by atoms with van der Waals surface area (Å²) in [5.74, 6) is 1.05. The first-order valence-corrected chi connectivity index (χ1v) is 11.3. The van der Waals surface area contributed by atoms with Crippen molar-refractivity contribution < 1.29 is 26.5 Å². The van der Waals surface area contributed by atoms with Crippen LogP contribution in [0.4, 0.5) is 23.0 Å². The van der Waals surface area contributed by atoms with E-state index in [0.29, 0.717) is 11.5 Å². The van der Waals surface area contributed by atoms with Crippen LogP contribution in [0.5, 0.6) is 0 Å². The zero-order valence-electron chi connectivity index (χ0n) is 17.1. The number of benzene rings is 2. The molecule has 0 amide bonds. The highest BCUT2D eigenvalue weighted by Gasteiger charge is 2.29. The summed E-state index contributed by atoms with van der Waals surface area (Å²) >= 11 is 0. The topological polar surface area (TPSA) is 33.5 Å². The Hall–Kier alpha value is -2.42. The molecule has 1 atom stereocenters. The van der Waals surface area contributed by atoms with E-state index in [1.54, 1.807) is 0 Å². The average molecular weight is 441 g/mol. The van der Waals surface area contributed by atoms with E-state index in [-0.39, 0.29) is 16.7 Å². The molecule has 3 rings (SSSR count). The molecule has 30 heavy (non-hydrogen) atoms. The van der Waals surface area contributed by atoms with Gasteiger partial charge >= 0.3 is 7.25 Å². The predicted octanol–water partition coefficient (Wildman–Crippen LogP) is 6.07. The number of carbonyl (C=O) groups is 1. The minimum Gasteiger partial charge on any atom is -0.450 e. The molecule has 1 heterocycles. The minimum atomic E-state index is -6.00. The van der Waals surface area contributed by atoms with E-state index >= 15 is 0 Å². The fourth-order valence-electron chi connectivity index (χ4n) is 3.07. The number of halogens is 4. The van der Waals surface area contributed by atoms with Crippen LogP contribution in [0.2, 0.25) is 0 Å². The van der Waals surface area contributed by atoms with Crippen molar-refractivity contribution in [2.75, 3.05) is 30.0 Å². The molecule has 0 saturated carbocycles. The Morgan fingerprint density at radius 3 is 2.07 bits per heavy atom. The van der Waals surface area contributed by atoms with Gasteiger partial charge in [-0.15, -0.1) is 0 Å². The van der Waals surface area contributed by atoms with Crippen LogP contribution in [0, 0.1) is 0 Å². The second-order valence-electron chi connectivity index (χ2n) is 6.46. The van der Waals surface area contributed by atoms with Crippen molar-refractivity contribution in [3.8, 4) is 0 Å². The van der Waals surface area contributed by atoms with Gasteiger partial charge in [-0.3, -0.25) is 4.79 Å². The van der Waals surface area contributed by atoms with Crippen molar-refractivity contribution in [1.29, 1.82) is 0 Å². The number of furan rings is 1. The molecule has 0 radical (unpaired) electrons. The van der Waals surface area contributed by atoms with Crippen LogP contribution in [-0.4, -0.2) is 38.1 Å². The monoisotopic (exact) mass is 441 g/mol. The Bertz CT molecular complexity index is 953. The smallest absolute Gasteiger partial charge is 0.450 e. The highest BCUT2D eigenvalue weighted by molar-refractivity contribution is 7.96. The lowest BCUT2D eigenvalue weighted by molar-refractivity contribution is 0.0994. The largest absolute Gasteiger partial charge is 0.673 e. The lowest BCUT2D eigenvalue weighted by Crippen LogP contribution is -2.25. The molecule has 0 aliphatic heterocycles. The molecule has 0 N–H and O–H groups in total. The number of nitrogens with zero attached hydrogens (tertiary/aromatic N) is 1. The van der Waals surface area contributed by atoms with Gasteiger partial charge in [0.2, 0.25) is 5.78 Å². The molecule has 0 saturated heterocycles. The molecular formula is C21H24BF4NO2S. The number of anilines is 1. The SMILES string of the molecule is CCN(CC)c1c(C(=O)C[S+](C)c2ccccc2)oc2ccccc12.F[B-](F)(F)F. The van der Waals surface area contributed by atoms with E-state index in [0.717, 1.165) is 29.7 Å². The van der Waals surface area contributed by atoms with Crippen LogP contribution in [0.3, 0.4) is 0 Å². The summed E-state index contributed by atoms with van der Waals surface area (Å²) in [5, 5.41) is 1.02. The molecule has 0 fully saturated rings. The number of rotatable bonds is 7. The van der Waals surface area contributed by atoms with E-state index in [4.69, 9.17) is 4.42 Å². The highest BCUT2D eigenvalue weighted by Crippen LogP contribution is 2.34. The van der Waals surface area contributed by atoms with Crippen molar-refractivity contribution in [3.05, 3.63) is 60.4 Å². The molecule has 0 aliphatic rings. The maximum absolute atomic E-state index is 13.0. The standard InChI is InChI=1S/C21H24NO2S.BF4/c1-4-22(5-2)20-17-13-9-10-14-19(17)24-21(20)18(23)15-25(3)16-11-7-6-8-12-16;2-1(3,4)5/h6-14H,4-5,15H2,1-3H3;/q+1;-1. The fourth-order valence-corrected chi connectivity index (χ4v) is 4.39. The first kappa shape index (κ1) is 23.9. The second kappa shape index (κ2) is 10.6. The number of Topliss-reactive ketones (excluding diaryl/α,β-unsaturated/α-hetero) is 1. The molecule has 1 unspecified atom stereocenters. The molecule has 162 valence electrons.